The van der Waals surface area contributed by atoms with Gasteiger partial charge in [0.1, 0.15) is 25.1 Å². The Morgan fingerprint density at radius 3 is 1.64 bits per heavy atom. The average molecular weight is 1190 g/mol. The van der Waals surface area contributed by atoms with Gasteiger partial charge in [0, 0.05) is 98.7 Å². The summed E-state index contributed by atoms with van der Waals surface area (Å²) in [6, 6.07) is 7.19. The van der Waals surface area contributed by atoms with Crippen LogP contribution < -0.4 is 10.6 Å². The van der Waals surface area contributed by atoms with Gasteiger partial charge in [-0.2, -0.15) is 19.2 Å². The van der Waals surface area contributed by atoms with E-state index in [9.17, 15) is 14.7 Å². The highest BCUT2D eigenvalue weighted by atomic mass is 79.9. The van der Waals surface area contributed by atoms with E-state index in [2.05, 4.69) is 81.2 Å². The van der Waals surface area contributed by atoms with Gasteiger partial charge < -0.3 is 30.0 Å². The molecular weight excluding hydrogens is 1100 g/mol. The second kappa shape index (κ2) is 25.9. The highest BCUT2D eigenvalue weighted by molar-refractivity contribution is 9.10. The molecule has 10 rings (SSSR count). The van der Waals surface area contributed by atoms with Crippen LogP contribution in [0.4, 0.5) is 11.6 Å². The molecule has 0 saturated heterocycles. The minimum absolute atomic E-state index is 0.0305. The summed E-state index contributed by atoms with van der Waals surface area (Å²) < 4.78 is 103. The topological polar surface area (TPSA) is 197 Å². The molecule has 6 heterocycles. The lowest BCUT2D eigenvalue weighted by molar-refractivity contribution is -0.146. The molecule has 2 aliphatic rings. The van der Waals surface area contributed by atoms with Crippen LogP contribution in [0.15, 0.2) is 120 Å². The predicted molar refractivity (Wildman–Crippen MR) is 325 cm³/mol. The Kier molecular flexibility index (Phi) is 14.9. The van der Waals surface area contributed by atoms with E-state index in [0.29, 0.717) is 90.6 Å². The summed E-state index contributed by atoms with van der Waals surface area (Å²) in [7, 11) is -1.18. The normalized spacial score (nSPS) is 19.4. The molecule has 0 aliphatic heterocycles. The molecule has 420 valence electrons. The van der Waals surface area contributed by atoms with Crippen molar-refractivity contribution in [3.63, 3.8) is 0 Å². The number of rotatable bonds is 19. The first-order valence-corrected chi connectivity index (χ1v) is 35.3. The summed E-state index contributed by atoms with van der Waals surface area (Å²) in [4.78, 5) is 44.8. The van der Waals surface area contributed by atoms with Gasteiger partial charge in [0.2, 0.25) is 0 Å². The molecule has 16 nitrogen and oxygen atoms in total. The molecule has 8 aromatic rings. The average Bonchev–Trinajstić information content (AvgIpc) is 1.48. The summed E-state index contributed by atoms with van der Waals surface area (Å²) in [5, 5.41) is 18.5. The molecular formula is C61H75BrN10O6Si2. The van der Waals surface area contributed by atoms with Gasteiger partial charge in [-0.15, -0.1) is 0 Å². The van der Waals surface area contributed by atoms with Crippen molar-refractivity contribution in [1.82, 2.24) is 39.2 Å². The van der Waals surface area contributed by atoms with E-state index in [1.165, 1.54) is 11.6 Å². The Labute approximate surface area is 493 Å². The molecule has 2 aliphatic carbocycles. The van der Waals surface area contributed by atoms with Gasteiger partial charge in [-0.1, -0.05) is 112 Å². The molecule has 2 aromatic carbocycles. The van der Waals surface area contributed by atoms with Gasteiger partial charge in [-0.3, -0.25) is 19.6 Å². The Balaban J connectivity index is 0.000000227. The predicted octanol–water partition coefficient (Wildman–Crippen LogP) is 13.5. The number of halogens is 1. The van der Waals surface area contributed by atoms with Gasteiger partial charge in [0.15, 0.2) is 11.3 Å². The van der Waals surface area contributed by atoms with Crippen LogP contribution >= 0.6 is 15.9 Å². The maximum atomic E-state index is 12.3. The fourth-order valence-corrected chi connectivity index (χ4v) is 12.0. The largest absolute Gasteiger partial charge is 0.481 e. The van der Waals surface area contributed by atoms with Crippen LogP contribution in [0.25, 0.3) is 56.1 Å². The van der Waals surface area contributed by atoms with Crippen LogP contribution in [0.2, 0.25) is 51.4 Å². The van der Waals surface area contributed by atoms with E-state index in [-0.39, 0.29) is 76.3 Å². The molecule has 0 radical (unpaired) electrons. The fourth-order valence-electron chi connectivity index (χ4n) is 9.93. The Hall–Kier alpha value is -6.65. The Bertz CT molecular complexity index is 3890. The number of benzene rings is 2. The van der Waals surface area contributed by atoms with E-state index in [1.54, 1.807) is 43.0 Å². The van der Waals surface area contributed by atoms with E-state index < -0.39 is 58.4 Å². The monoisotopic (exact) mass is 1190 g/mol. The maximum Gasteiger partial charge on any atom is 0.308 e. The second-order valence-electron chi connectivity index (χ2n) is 22.9. The van der Waals surface area contributed by atoms with Crippen molar-refractivity contribution < 1.29 is 42.6 Å². The number of carbonyl (C=O) groups excluding carboxylic acids is 1. The number of nitrogen functional groups attached to an aromatic ring is 1. The van der Waals surface area contributed by atoms with Gasteiger partial charge in [-0.05, 0) is 91.5 Å². The third-order valence-electron chi connectivity index (χ3n) is 14.7. The number of ether oxygens (including phenoxy) is 3. The quantitative estimate of drug-likeness (QED) is 0.0335. The van der Waals surface area contributed by atoms with Crippen molar-refractivity contribution in [1.29, 1.82) is 0 Å². The van der Waals surface area contributed by atoms with Crippen molar-refractivity contribution in [2.75, 3.05) is 44.4 Å². The summed E-state index contributed by atoms with van der Waals surface area (Å²) in [5.41, 5.74) is 12.6. The molecule has 0 bridgehead atoms. The number of pyridine rings is 2. The maximum absolute atomic E-state index is 12.3. The summed E-state index contributed by atoms with van der Waals surface area (Å²) in [5.74, 6) is -0.0336. The minimum atomic E-state index is -1.31. The summed E-state index contributed by atoms with van der Waals surface area (Å²) in [6.07, 6.45) is 12.1. The van der Waals surface area contributed by atoms with Crippen LogP contribution in [0, 0.1) is 11.8 Å². The van der Waals surface area contributed by atoms with Crippen molar-refractivity contribution in [3.05, 3.63) is 131 Å². The molecule has 0 unspecified atom stereocenters. The number of anilines is 2. The number of esters is 1. The SMILES string of the molecule is [2H]c1c([2H])c([2H])c(-c2ccc(-c3cnn4c(N(COCC[Si](C)(C)C)COCC[Si](C)(C)C)cc(C5CCC(C(=O)OC)CC5)nc34)cn2)c([2H])c1[2H].[2H]c1c([2H])c([2H])c(-c2ccc(-c3cnn4c(N)c(Br)c(C5CCC(C(=O)O)CC5)nc34)cn2)c([2H])c1[2H]. The number of hydrogen-bond donors (Lipinski definition) is 2. The molecule has 19 heteroatoms. The molecule has 0 spiro atoms. The number of nitrogens with zero attached hydrogens (tertiary/aromatic N) is 9. The molecule has 2 fully saturated rings. The van der Waals surface area contributed by atoms with Gasteiger partial charge in [0.25, 0.3) is 0 Å². The van der Waals surface area contributed by atoms with E-state index in [4.69, 9.17) is 48.7 Å². The Morgan fingerprint density at radius 2 is 1.16 bits per heavy atom. The number of aliphatic carboxylic acids is 1. The van der Waals surface area contributed by atoms with Crippen LogP contribution in [-0.4, -0.2) is 106 Å². The molecule has 2 saturated carbocycles. The van der Waals surface area contributed by atoms with Gasteiger partial charge >= 0.3 is 11.9 Å². The lowest BCUT2D eigenvalue weighted by Gasteiger charge is -2.29. The number of nitrogens with two attached hydrogens (primary N) is 1. The number of aromatic nitrogens is 8. The van der Waals surface area contributed by atoms with E-state index in [1.807, 2.05) is 10.6 Å². The number of hydrogen-bond acceptors (Lipinski definition) is 13. The van der Waals surface area contributed by atoms with Crippen molar-refractivity contribution in [3.8, 4) is 44.8 Å². The number of carboxylic acids is 1. The lowest BCUT2D eigenvalue weighted by Crippen LogP contribution is -2.33. The van der Waals surface area contributed by atoms with Crippen LogP contribution in [0.1, 0.15) is 88.3 Å². The van der Waals surface area contributed by atoms with E-state index in [0.717, 1.165) is 60.5 Å². The molecule has 80 heavy (non-hydrogen) atoms. The molecule has 0 amide bonds. The third kappa shape index (κ3) is 14.3. The molecule has 0 atom stereocenters. The lowest BCUT2D eigenvalue weighted by atomic mass is 9.80. The van der Waals surface area contributed by atoms with Crippen molar-refractivity contribution in [2.24, 2.45) is 11.8 Å². The van der Waals surface area contributed by atoms with Crippen LogP contribution in [-0.2, 0) is 23.8 Å². The third-order valence-corrected chi connectivity index (χ3v) is 19.0. The molecule has 3 N–H and O–H groups in total. The smallest absolute Gasteiger partial charge is 0.308 e. The second-order valence-corrected chi connectivity index (χ2v) is 34.9. The first-order chi connectivity index (χ1) is 42.6. The van der Waals surface area contributed by atoms with Crippen molar-refractivity contribution >= 4 is 66.9 Å². The zero-order chi connectivity index (χ0) is 65.3. The van der Waals surface area contributed by atoms with Crippen molar-refractivity contribution in [2.45, 2.75) is 115 Å². The number of carbonyl (C=O) groups is 2. The highest BCUT2D eigenvalue weighted by Gasteiger charge is 2.32. The van der Waals surface area contributed by atoms with Gasteiger partial charge in [0.05, 0.1) is 66.6 Å². The highest BCUT2D eigenvalue weighted by Crippen LogP contribution is 2.42. The zero-order valence-electron chi connectivity index (χ0n) is 56.4. The summed E-state index contributed by atoms with van der Waals surface area (Å²) >= 11 is 3.56. The first kappa shape index (κ1) is 46.0. The minimum Gasteiger partial charge on any atom is -0.481 e. The Morgan fingerprint density at radius 1 is 0.675 bits per heavy atom. The first-order valence-electron chi connectivity index (χ1n) is 32.1. The number of fused-ring (bicyclic) bond motifs is 2. The van der Waals surface area contributed by atoms with Gasteiger partial charge in [-0.25, -0.2) is 9.97 Å². The molecule has 6 aromatic heterocycles. The fraction of sp³-hybridized carbons (Fsp3) is 0.410. The number of methoxy groups -OCH3 is 1. The zero-order valence-corrected chi connectivity index (χ0v) is 50.0. The number of carboxylic acid groups (broad SMARTS) is 1. The standard InChI is InChI=1S/C37H53N5O4Si2.C24H22BrN5O2/c1-44-37(43)30-15-13-29(14-16-30)34-23-35(41(26-45-19-21-47(2,3)4)27-46-20-22-48(5,6)7)42-36(40-34)32(25-39-42)31-17-18-33(38-24-31)28-11-9-8-10-12-28;25-20-21(15-6-8-16(9-7-15)24(31)32)29-23-18(13-28-30(23)22(20)26)17-10-11-19(27-12-17)14-4-2-1-3-5-14/h8-12,17-18,23-25,29-30H,13-16,19-22,26-27H2,1-7H3;1-5,10-13,15-16H,6-9,26H2,(H,31,32)/i8D,9D,10D,11D,12D;1D,2D,3D,4D,5D. The van der Waals surface area contributed by atoms with Crippen LogP contribution in [0.5, 0.6) is 0 Å². The van der Waals surface area contributed by atoms with E-state index >= 15 is 0 Å². The van der Waals surface area contributed by atoms with Crippen LogP contribution in [0.3, 0.4) is 0 Å². The summed E-state index contributed by atoms with van der Waals surface area (Å²) in [6.45, 7) is 15.9.